The summed E-state index contributed by atoms with van der Waals surface area (Å²) in [6.45, 7) is 2.70. The lowest BCUT2D eigenvalue weighted by atomic mass is 10.0. The quantitative estimate of drug-likeness (QED) is 0.447. The number of thioether (sulfide) groups is 2. The van der Waals surface area contributed by atoms with E-state index in [1.807, 2.05) is 35.7 Å². The summed E-state index contributed by atoms with van der Waals surface area (Å²) in [7, 11) is 0. The molecule has 146 valence electrons. The number of benzene rings is 2. The van der Waals surface area contributed by atoms with E-state index in [1.54, 1.807) is 13.0 Å². The topological polar surface area (TPSA) is 55.8 Å². The van der Waals surface area contributed by atoms with Crippen molar-refractivity contribution in [3.8, 4) is 23.3 Å². The molecule has 3 rings (SSSR count). The number of phenols is 1. The average molecular weight is 415 g/mol. The maximum Gasteiger partial charge on any atom is 0.341 e. The molecule has 0 radical (unpaired) electrons. The monoisotopic (exact) mass is 414 g/mol. The zero-order valence-electron chi connectivity index (χ0n) is 16.1. The van der Waals surface area contributed by atoms with Crippen molar-refractivity contribution in [3.63, 3.8) is 0 Å². The largest absolute Gasteiger partial charge is 0.507 e. The summed E-state index contributed by atoms with van der Waals surface area (Å²) in [5.74, 6) is 6.44. The van der Waals surface area contributed by atoms with Gasteiger partial charge in [0.05, 0.1) is 17.3 Å². The van der Waals surface area contributed by atoms with Gasteiger partial charge in [-0.15, -0.1) is 23.5 Å². The molecule has 0 bridgehead atoms. The Morgan fingerprint density at radius 3 is 2.50 bits per heavy atom. The van der Waals surface area contributed by atoms with Crippen LogP contribution in [0.4, 0.5) is 0 Å². The molecule has 2 aromatic carbocycles. The predicted octanol–water partition coefficient (Wildman–Crippen LogP) is 4.63. The molecule has 1 N–H and O–H groups in total. The third-order valence-corrected chi connectivity index (χ3v) is 7.75. The zero-order chi connectivity index (χ0) is 20.1. The van der Waals surface area contributed by atoms with Crippen LogP contribution in [0.2, 0.25) is 0 Å². The number of hydrogen-bond acceptors (Lipinski definition) is 6. The molecule has 1 aliphatic rings. The summed E-state index contributed by atoms with van der Waals surface area (Å²) >= 11 is 3.65. The third kappa shape index (κ3) is 4.11. The number of rotatable bonds is 4. The lowest BCUT2D eigenvalue weighted by Gasteiger charge is -2.36. The van der Waals surface area contributed by atoms with Crippen molar-refractivity contribution >= 4 is 29.5 Å². The van der Waals surface area contributed by atoms with Gasteiger partial charge in [-0.05, 0) is 55.8 Å². The van der Waals surface area contributed by atoms with Crippen molar-refractivity contribution in [2.75, 3.05) is 25.7 Å². The van der Waals surface area contributed by atoms with E-state index in [-0.39, 0.29) is 22.0 Å². The Morgan fingerprint density at radius 1 is 1.18 bits per heavy atom. The molecule has 0 atom stereocenters. The first-order valence-corrected chi connectivity index (χ1v) is 11.4. The molecule has 1 aliphatic heterocycles. The van der Waals surface area contributed by atoms with Gasteiger partial charge in [0.15, 0.2) is 0 Å². The summed E-state index contributed by atoms with van der Waals surface area (Å²) in [5, 5.41) is 10.1. The number of phenolic OH excluding ortho intramolecular Hbond substituents is 1. The van der Waals surface area contributed by atoms with Gasteiger partial charge in [0, 0.05) is 23.1 Å². The molecule has 0 saturated heterocycles. The summed E-state index contributed by atoms with van der Waals surface area (Å²) in [6, 6.07) is 10.7. The molecule has 0 amide bonds. The van der Waals surface area contributed by atoms with Gasteiger partial charge in [0.25, 0.3) is 0 Å². The van der Waals surface area contributed by atoms with Gasteiger partial charge in [-0.1, -0.05) is 11.8 Å². The summed E-state index contributed by atoms with van der Waals surface area (Å²) in [5.41, 5.74) is 2.81. The van der Waals surface area contributed by atoms with Crippen molar-refractivity contribution < 1.29 is 19.4 Å². The second kappa shape index (κ2) is 8.85. The van der Waals surface area contributed by atoms with Crippen LogP contribution in [0.3, 0.4) is 0 Å². The van der Waals surface area contributed by atoms with Crippen LogP contribution in [0.15, 0.2) is 36.4 Å². The summed E-state index contributed by atoms with van der Waals surface area (Å²) in [4.78, 5) is 11.8. The summed E-state index contributed by atoms with van der Waals surface area (Å²) in [6.07, 6.45) is 5.19. The van der Waals surface area contributed by atoms with Crippen molar-refractivity contribution in [1.82, 2.24) is 0 Å². The van der Waals surface area contributed by atoms with Crippen molar-refractivity contribution in [1.29, 1.82) is 0 Å². The fourth-order valence-corrected chi connectivity index (χ4v) is 5.10. The van der Waals surface area contributed by atoms with Crippen LogP contribution in [-0.2, 0) is 8.82 Å². The number of esters is 1. The molecular formula is C22H22O4S2. The molecule has 0 spiro atoms. The molecule has 4 nitrogen and oxygen atoms in total. The molecule has 2 aromatic rings. The van der Waals surface area contributed by atoms with E-state index in [0.717, 1.165) is 23.3 Å². The number of ether oxygens (including phenoxy) is 2. The molecule has 1 heterocycles. The zero-order valence-corrected chi connectivity index (χ0v) is 17.7. The highest BCUT2D eigenvalue weighted by molar-refractivity contribution is 8.16. The van der Waals surface area contributed by atoms with Crippen molar-refractivity contribution in [3.05, 3.63) is 58.7 Å². The van der Waals surface area contributed by atoms with E-state index in [0.29, 0.717) is 12.2 Å². The standard InChI is InChI=1S/C22H22O4S2/c1-4-25-21(24)17-9-7-16(14-19(17)23)6-5-15-8-10-20-18(13-15)22(27-2,28-3)11-12-26-20/h7-10,13-14,23H,4,11-12H2,1-3H3. The number of carbonyl (C=O) groups excluding carboxylic acids is 1. The molecule has 0 saturated carbocycles. The second-order valence-corrected chi connectivity index (χ2v) is 8.64. The number of hydrogen-bond donors (Lipinski definition) is 1. The first kappa shape index (κ1) is 20.5. The Hall–Kier alpha value is -2.23. The Labute approximate surface area is 174 Å². The van der Waals surface area contributed by atoms with Crippen molar-refractivity contribution in [2.24, 2.45) is 0 Å². The van der Waals surface area contributed by atoms with Crippen LogP contribution >= 0.6 is 23.5 Å². The van der Waals surface area contributed by atoms with Crippen LogP contribution < -0.4 is 4.74 Å². The molecule has 0 fully saturated rings. The molecule has 28 heavy (non-hydrogen) atoms. The third-order valence-electron chi connectivity index (χ3n) is 4.58. The fourth-order valence-electron chi connectivity index (χ4n) is 3.10. The predicted molar refractivity (Wildman–Crippen MR) is 115 cm³/mol. The van der Waals surface area contributed by atoms with E-state index in [1.165, 1.54) is 12.1 Å². The molecular weight excluding hydrogens is 392 g/mol. The van der Waals surface area contributed by atoms with Gasteiger partial charge >= 0.3 is 5.97 Å². The van der Waals surface area contributed by atoms with Crippen LogP contribution in [-0.4, -0.2) is 36.8 Å². The highest BCUT2D eigenvalue weighted by atomic mass is 32.2. The average Bonchev–Trinajstić information content (AvgIpc) is 2.71. The van der Waals surface area contributed by atoms with Gasteiger partial charge in [0.1, 0.15) is 17.1 Å². The van der Waals surface area contributed by atoms with Gasteiger partial charge < -0.3 is 14.6 Å². The second-order valence-electron chi connectivity index (χ2n) is 6.17. The Morgan fingerprint density at radius 2 is 1.86 bits per heavy atom. The number of aromatic hydroxyl groups is 1. The molecule has 0 aromatic heterocycles. The lowest BCUT2D eigenvalue weighted by molar-refractivity contribution is 0.0523. The van der Waals surface area contributed by atoms with E-state index in [2.05, 4.69) is 30.4 Å². The Kier molecular flexibility index (Phi) is 6.48. The SMILES string of the molecule is CCOC(=O)c1ccc(C#Cc2ccc3c(c2)C(SC)(SC)CCO3)cc1O. The Bertz CT molecular complexity index is 939. The number of fused-ring (bicyclic) bond motifs is 1. The van der Waals surface area contributed by atoms with Gasteiger partial charge in [-0.3, -0.25) is 0 Å². The van der Waals surface area contributed by atoms with E-state index in [9.17, 15) is 9.90 Å². The first-order chi connectivity index (χ1) is 13.5. The van der Waals surface area contributed by atoms with E-state index < -0.39 is 5.97 Å². The van der Waals surface area contributed by atoms with E-state index in [4.69, 9.17) is 9.47 Å². The number of carbonyl (C=O) groups is 1. The smallest absolute Gasteiger partial charge is 0.341 e. The Balaban J connectivity index is 1.89. The fraction of sp³-hybridized carbons (Fsp3) is 0.318. The van der Waals surface area contributed by atoms with Crippen LogP contribution in [0.5, 0.6) is 11.5 Å². The normalized spacial score (nSPS) is 14.2. The molecule has 6 heteroatoms. The minimum atomic E-state index is -0.542. The van der Waals surface area contributed by atoms with Gasteiger partial charge in [-0.25, -0.2) is 4.79 Å². The molecule has 0 aliphatic carbocycles. The molecule has 0 unspecified atom stereocenters. The van der Waals surface area contributed by atoms with Crippen molar-refractivity contribution in [2.45, 2.75) is 17.4 Å². The maximum atomic E-state index is 11.8. The highest BCUT2D eigenvalue weighted by Crippen LogP contribution is 2.52. The van der Waals surface area contributed by atoms with Crippen LogP contribution in [0.25, 0.3) is 0 Å². The van der Waals surface area contributed by atoms with Gasteiger partial charge in [0.2, 0.25) is 0 Å². The summed E-state index contributed by atoms with van der Waals surface area (Å²) < 4.78 is 10.7. The lowest BCUT2D eigenvalue weighted by Crippen LogP contribution is -2.26. The van der Waals surface area contributed by atoms with Crippen LogP contribution in [0, 0.1) is 11.8 Å². The van der Waals surface area contributed by atoms with Crippen LogP contribution in [0.1, 0.15) is 40.4 Å². The highest BCUT2D eigenvalue weighted by Gasteiger charge is 2.36. The van der Waals surface area contributed by atoms with Gasteiger partial charge in [-0.2, -0.15) is 0 Å². The first-order valence-electron chi connectivity index (χ1n) is 8.92. The maximum absolute atomic E-state index is 11.8. The minimum absolute atomic E-state index is 0.0230. The minimum Gasteiger partial charge on any atom is -0.507 e. The van der Waals surface area contributed by atoms with E-state index >= 15 is 0 Å².